The maximum atomic E-state index is 11.5. The summed E-state index contributed by atoms with van der Waals surface area (Å²) in [6.07, 6.45) is 1.19. The number of piperazine rings is 1. The van der Waals surface area contributed by atoms with Crippen LogP contribution in [0.5, 0.6) is 0 Å². The molecule has 17 heavy (non-hydrogen) atoms. The molecule has 0 saturated carbocycles. The van der Waals surface area contributed by atoms with Crippen molar-refractivity contribution in [3.05, 3.63) is 0 Å². The van der Waals surface area contributed by atoms with E-state index in [-0.39, 0.29) is 11.7 Å². The molecule has 0 radical (unpaired) electrons. The highest BCUT2D eigenvalue weighted by atomic mass is 16.6. The maximum absolute atomic E-state index is 11.5. The summed E-state index contributed by atoms with van der Waals surface area (Å²) in [4.78, 5) is 13.2. The predicted molar refractivity (Wildman–Crippen MR) is 68.2 cm³/mol. The lowest BCUT2D eigenvalue weighted by atomic mass is 10.2. The molecular weight excluding hydrogens is 218 g/mol. The van der Waals surface area contributed by atoms with E-state index >= 15 is 0 Å². The van der Waals surface area contributed by atoms with Crippen LogP contribution < -0.4 is 10.6 Å². The number of nitrogens with zero attached hydrogens (tertiary/aromatic N) is 1. The molecule has 0 spiro atoms. The minimum Gasteiger partial charge on any atom is -0.444 e. The summed E-state index contributed by atoms with van der Waals surface area (Å²) in [5.41, 5.74) is -0.387. The molecule has 2 N–H and O–H groups in total. The molecule has 5 heteroatoms. The summed E-state index contributed by atoms with van der Waals surface area (Å²) < 4.78 is 5.24. The molecule has 0 bridgehead atoms. The van der Waals surface area contributed by atoms with Gasteiger partial charge < -0.3 is 20.3 Å². The third kappa shape index (κ3) is 6.48. The molecule has 2 aliphatic heterocycles. The Kier molecular flexibility index (Phi) is 5.71. The molecule has 2 fully saturated rings. The van der Waals surface area contributed by atoms with E-state index in [1.54, 1.807) is 4.90 Å². The van der Waals surface area contributed by atoms with Crippen LogP contribution in [-0.2, 0) is 4.74 Å². The summed E-state index contributed by atoms with van der Waals surface area (Å²) in [5.74, 6) is 0. The summed E-state index contributed by atoms with van der Waals surface area (Å²) in [7, 11) is 0. The van der Waals surface area contributed by atoms with E-state index in [0.29, 0.717) is 0 Å². The summed E-state index contributed by atoms with van der Waals surface area (Å²) in [5, 5.41) is 6.29. The third-order valence-corrected chi connectivity index (χ3v) is 2.48. The maximum Gasteiger partial charge on any atom is 0.410 e. The Hall–Kier alpha value is -0.810. The minimum atomic E-state index is -0.387. The zero-order valence-electron chi connectivity index (χ0n) is 11.2. The first-order valence-corrected chi connectivity index (χ1v) is 6.38. The molecular formula is C12H25N3O2. The number of hydrogen-bond acceptors (Lipinski definition) is 4. The van der Waals surface area contributed by atoms with Crippen LogP contribution in [-0.4, -0.2) is 55.9 Å². The molecule has 0 aromatic carbocycles. The van der Waals surface area contributed by atoms with Crippen molar-refractivity contribution in [2.24, 2.45) is 0 Å². The molecule has 2 saturated heterocycles. The number of nitrogens with one attached hydrogen (secondary N) is 2. The van der Waals surface area contributed by atoms with Crippen LogP contribution in [0.2, 0.25) is 0 Å². The molecule has 2 aliphatic rings. The lowest BCUT2D eigenvalue weighted by Crippen LogP contribution is -2.48. The van der Waals surface area contributed by atoms with E-state index in [9.17, 15) is 4.79 Å². The van der Waals surface area contributed by atoms with Gasteiger partial charge in [-0.2, -0.15) is 0 Å². The zero-order chi connectivity index (χ0) is 12.7. The first-order valence-electron chi connectivity index (χ1n) is 6.38. The van der Waals surface area contributed by atoms with Gasteiger partial charge in [-0.05, 0) is 40.3 Å². The van der Waals surface area contributed by atoms with Gasteiger partial charge in [0.25, 0.3) is 0 Å². The van der Waals surface area contributed by atoms with Crippen LogP contribution >= 0.6 is 0 Å². The molecule has 1 amide bonds. The second kappa shape index (κ2) is 6.81. The summed E-state index contributed by atoms with van der Waals surface area (Å²) >= 11 is 0. The summed E-state index contributed by atoms with van der Waals surface area (Å²) in [6.45, 7) is 11.4. The number of hydrogen-bond donors (Lipinski definition) is 2. The average molecular weight is 243 g/mol. The lowest BCUT2D eigenvalue weighted by Gasteiger charge is -2.30. The first-order chi connectivity index (χ1) is 7.99. The SMILES string of the molecule is C1CNC1.CC(C)(C)OC(=O)N1CCNCC1. The largest absolute Gasteiger partial charge is 0.444 e. The topological polar surface area (TPSA) is 53.6 Å². The van der Waals surface area contributed by atoms with Gasteiger partial charge in [0.05, 0.1) is 0 Å². The highest BCUT2D eigenvalue weighted by Gasteiger charge is 2.22. The zero-order valence-corrected chi connectivity index (χ0v) is 11.2. The quantitative estimate of drug-likeness (QED) is 0.661. The van der Waals surface area contributed by atoms with Crippen molar-refractivity contribution >= 4 is 6.09 Å². The van der Waals surface area contributed by atoms with E-state index in [4.69, 9.17) is 4.74 Å². The molecule has 2 rings (SSSR count). The van der Waals surface area contributed by atoms with Crippen LogP contribution in [0.3, 0.4) is 0 Å². The van der Waals surface area contributed by atoms with Gasteiger partial charge in [0, 0.05) is 26.2 Å². The van der Waals surface area contributed by atoms with E-state index < -0.39 is 0 Å². The van der Waals surface area contributed by atoms with Crippen LogP contribution in [0.4, 0.5) is 4.79 Å². The Balaban J connectivity index is 0.000000302. The van der Waals surface area contributed by atoms with E-state index in [1.165, 1.54) is 19.5 Å². The number of carbonyl (C=O) groups excluding carboxylic acids is 1. The van der Waals surface area contributed by atoms with Gasteiger partial charge in [-0.1, -0.05) is 0 Å². The third-order valence-electron chi connectivity index (χ3n) is 2.48. The van der Waals surface area contributed by atoms with Crippen LogP contribution in [0, 0.1) is 0 Å². The lowest BCUT2D eigenvalue weighted by molar-refractivity contribution is 0.0229. The average Bonchev–Trinajstić information content (AvgIpc) is 2.14. The smallest absolute Gasteiger partial charge is 0.410 e. The molecule has 2 heterocycles. The molecule has 0 aliphatic carbocycles. The molecule has 100 valence electrons. The Labute approximate surface area is 104 Å². The van der Waals surface area contributed by atoms with Crippen molar-refractivity contribution in [2.45, 2.75) is 32.8 Å². The Morgan fingerprint density at radius 3 is 1.88 bits per heavy atom. The van der Waals surface area contributed by atoms with Gasteiger partial charge in [0.15, 0.2) is 0 Å². The van der Waals surface area contributed by atoms with Gasteiger partial charge in [-0.15, -0.1) is 0 Å². The van der Waals surface area contributed by atoms with Gasteiger partial charge in [-0.3, -0.25) is 0 Å². The number of rotatable bonds is 0. The normalized spacial score (nSPS) is 19.8. The Bertz CT molecular complexity index is 224. The Morgan fingerprint density at radius 2 is 1.53 bits per heavy atom. The van der Waals surface area contributed by atoms with Crippen molar-refractivity contribution < 1.29 is 9.53 Å². The van der Waals surface area contributed by atoms with Crippen molar-refractivity contribution in [3.63, 3.8) is 0 Å². The molecule has 0 atom stereocenters. The van der Waals surface area contributed by atoms with E-state index in [1.807, 2.05) is 20.8 Å². The molecule has 5 nitrogen and oxygen atoms in total. The fourth-order valence-corrected chi connectivity index (χ4v) is 1.35. The van der Waals surface area contributed by atoms with Crippen LogP contribution in [0.1, 0.15) is 27.2 Å². The van der Waals surface area contributed by atoms with Crippen LogP contribution in [0.15, 0.2) is 0 Å². The van der Waals surface area contributed by atoms with Gasteiger partial charge >= 0.3 is 6.09 Å². The molecule has 0 aromatic rings. The highest BCUT2D eigenvalue weighted by molar-refractivity contribution is 5.68. The van der Waals surface area contributed by atoms with Crippen molar-refractivity contribution in [1.29, 1.82) is 0 Å². The monoisotopic (exact) mass is 243 g/mol. The fraction of sp³-hybridized carbons (Fsp3) is 0.917. The van der Waals surface area contributed by atoms with Crippen molar-refractivity contribution in [2.75, 3.05) is 39.3 Å². The van der Waals surface area contributed by atoms with Crippen molar-refractivity contribution in [3.8, 4) is 0 Å². The number of carbonyl (C=O) groups is 1. The Morgan fingerprint density at radius 1 is 1.06 bits per heavy atom. The van der Waals surface area contributed by atoms with Gasteiger partial charge in [-0.25, -0.2) is 4.79 Å². The number of ether oxygens (including phenoxy) is 1. The highest BCUT2D eigenvalue weighted by Crippen LogP contribution is 2.09. The molecule has 0 aromatic heterocycles. The van der Waals surface area contributed by atoms with Crippen LogP contribution in [0.25, 0.3) is 0 Å². The summed E-state index contributed by atoms with van der Waals surface area (Å²) in [6, 6.07) is 0. The predicted octanol–water partition coefficient (Wildman–Crippen LogP) is 0.806. The van der Waals surface area contributed by atoms with Crippen molar-refractivity contribution in [1.82, 2.24) is 15.5 Å². The van der Waals surface area contributed by atoms with Gasteiger partial charge in [0.1, 0.15) is 5.60 Å². The number of amides is 1. The van der Waals surface area contributed by atoms with E-state index in [0.717, 1.165) is 26.2 Å². The fourth-order valence-electron chi connectivity index (χ4n) is 1.35. The standard InChI is InChI=1S/C9H18N2O2.C3H7N/c1-9(2,3)13-8(12)11-6-4-10-5-7-11;1-2-4-3-1/h10H,4-7H2,1-3H3;4H,1-3H2. The van der Waals surface area contributed by atoms with Gasteiger partial charge in [0.2, 0.25) is 0 Å². The molecule has 0 unspecified atom stereocenters. The second-order valence-corrected chi connectivity index (χ2v) is 5.32. The van der Waals surface area contributed by atoms with E-state index in [2.05, 4.69) is 10.6 Å². The second-order valence-electron chi connectivity index (χ2n) is 5.32. The first kappa shape index (κ1) is 14.3. The minimum absolute atomic E-state index is 0.200.